The third-order valence-corrected chi connectivity index (χ3v) is 9.88. The number of H-pyrrole nitrogens is 1. The highest BCUT2D eigenvalue weighted by Gasteiger charge is 2.54. The summed E-state index contributed by atoms with van der Waals surface area (Å²) in [5.41, 5.74) is 11.2. The molecule has 2 bridgehead atoms. The fraction of sp³-hybridized carbons (Fsp3) is 0.524. The van der Waals surface area contributed by atoms with Gasteiger partial charge in [-0.05, 0) is 0 Å². The quantitative estimate of drug-likeness (QED) is 0.147. The maximum atomic E-state index is 16.0. The topological polar surface area (TPSA) is 278 Å². The molecule has 3 aliphatic rings. The van der Waals surface area contributed by atoms with Gasteiger partial charge in [0.05, 0.1) is 25.9 Å². The van der Waals surface area contributed by atoms with Gasteiger partial charge in [0.1, 0.15) is 42.4 Å². The molecule has 0 spiro atoms. The molecule has 10 atom stereocenters. The first-order valence-electron chi connectivity index (χ1n) is 13.5. The van der Waals surface area contributed by atoms with E-state index in [9.17, 15) is 18.8 Å². The van der Waals surface area contributed by atoms with Crippen LogP contribution in [0.15, 0.2) is 23.8 Å². The van der Waals surface area contributed by atoms with Gasteiger partial charge in [-0.15, -0.1) is 0 Å². The van der Waals surface area contributed by atoms with E-state index in [1.807, 2.05) is 0 Å². The molecule has 0 saturated carbocycles. The van der Waals surface area contributed by atoms with Crippen molar-refractivity contribution in [2.45, 2.75) is 49.1 Å². The first-order valence-corrected chi connectivity index (χ1v) is 17.0. The molecule has 7 heterocycles. The molecule has 25 heteroatoms. The number of anilines is 2. The number of phosphoric ester groups is 1. The van der Waals surface area contributed by atoms with Crippen molar-refractivity contribution >= 4 is 57.0 Å². The van der Waals surface area contributed by atoms with Crippen LogP contribution < -0.4 is 17.0 Å². The maximum absolute atomic E-state index is 16.0. The van der Waals surface area contributed by atoms with Crippen molar-refractivity contribution < 1.29 is 50.7 Å². The third-order valence-electron chi connectivity index (χ3n) is 7.65. The number of ether oxygens (including phenoxy) is 3. The Hall–Kier alpha value is -3.37. The van der Waals surface area contributed by atoms with Crippen LogP contribution in [0.1, 0.15) is 12.5 Å². The fourth-order valence-electron chi connectivity index (χ4n) is 5.64. The summed E-state index contributed by atoms with van der Waals surface area (Å²) in [6, 6.07) is 0. The molecule has 0 aromatic carbocycles. The monoisotopic (exact) mass is 686 g/mol. The first kappa shape index (κ1) is 31.2. The van der Waals surface area contributed by atoms with Crippen LogP contribution >= 0.6 is 15.3 Å². The number of hydrogen-bond donors (Lipinski definition) is 4. The number of nitrogens with one attached hydrogen (secondary N) is 1. The number of rotatable bonds is 3. The van der Waals surface area contributed by atoms with Crippen molar-refractivity contribution in [3.8, 4) is 0 Å². The van der Waals surface area contributed by atoms with Crippen LogP contribution in [0.3, 0.4) is 0 Å². The van der Waals surface area contributed by atoms with E-state index < -0.39 is 83.2 Å². The van der Waals surface area contributed by atoms with E-state index in [0.29, 0.717) is 0 Å². The summed E-state index contributed by atoms with van der Waals surface area (Å²) in [6.45, 7) is -1.26. The smallest absolute Gasteiger partial charge is 0.382 e. The minimum Gasteiger partial charge on any atom is -0.382 e. The Morgan fingerprint density at radius 1 is 1.00 bits per heavy atom. The van der Waals surface area contributed by atoms with E-state index >= 15 is 4.39 Å². The third kappa shape index (κ3) is 5.41. The normalized spacial score (nSPS) is 37.1. The molecule has 4 aromatic rings. The summed E-state index contributed by atoms with van der Waals surface area (Å²) in [6.07, 6.45) is -7.88. The van der Waals surface area contributed by atoms with Gasteiger partial charge in [0, 0.05) is 7.11 Å². The van der Waals surface area contributed by atoms with Gasteiger partial charge in [-0.2, -0.15) is 4.98 Å². The Balaban J connectivity index is 1.22. The Bertz CT molecular complexity index is 1960. The minimum absolute atomic E-state index is 0.00156. The average molecular weight is 686 g/mol. The van der Waals surface area contributed by atoms with E-state index in [0.717, 1.165) is 13.9 Å². The zero-order chi connectivity index (χ0) is 32.5. The predicted octanol–water partition coefficient (Wildman–Crippen LogP) is -1.07. The number of halogens is 1. The number of hydrogen-bond acceptors (Lipinski definition) is 17. The summed E-state index contributed by atoms with van der Waals surface area (Å²) in [4.78, 5) is 45.6. The molecule has 46 heavy (non-hydrogen) atoms. The lowest BCUT2D eigenvalue weighted by Gasteiger charge is -2.28. The van der Waals surface area contributed by atoms with Crippen LogP contribution in [0.2, 0.25) is 0 Å². The Kier molecular flexibility index (Phi) is 7.75. The van der Waals surface area contributed by atoms with E-state index in [-0.39, 0.29) is 34.1 Å². The number of nitrogens with zero attached hydrogens (tertiary/aromatic N) is 7. The largest absolute Gasteiger partial charge is 0.472 e. The molecule has 3 fully saturated rings. The van der Waals surface area contributed by atoms with Gasteiger partial charge in [-0.1, -0.05) is 0 Å². The number of alkyl halides is 1. The summed E-state index contributed by atoms with van der Waals surface area (Å²) in [7, 11) is -6.67. The lowest BCUT2D eigenvalue weighted by atomic mass is 10.1. The van der Waals surface area contributed by atoms with Crippen LogP contribution in [0.4, 0.5) is 16.2 Å². The lowest BCUT2D eigenvalue weighted by Crippen LogP contribution is -2.37. The molecule has 21 nitrogen and oxygen atoms in total. The van der Waals surface area contributed by atoms with Crippen molar-refractivity contribution in [1.82, 2.24) is 39.0 Å². The molecule has 4 aromatic heterocycles. The number of nitrogens with two attached hydrogens (primary N) is 2. The van der Waals surface area contributed by atoms with Gasteiger partial charge in [-0.3, -0.25) is 32.5 Å². The molecular formula is C21H26BFN10O11P2. The summed E-state index contributed by atoms with van der Waals surface area (Å²) in [5, 5.41) is 0. The number of fused-ring (bicyclic) bond motifs is 5. The summed E-state index contributed by atoms with van der Waals surface area (Å²) >= 11 is 0. The van der Waals surface area contributed by atoms with Crippen molar-refractivity contribution in [2.75, 3.05) is 31.8 Å². The zero-order valence-corrected chi connectivity index (χ0v) is 25.6. The second-order valence-electron chi connectivity index (χ2n) is 10.6. The van der Waals surface area contributed by atoms with Crippen molar-refractivity contribution in [2.24, 2.45) is 0 Å². The minimum atomic E-state index is -5.04. The first-order chi connectivity index (χ1) is 21.9. The van der Waals surface area contributed by atoms with Crippen LogP contribution in [-0.4, -0.2) is 109 Å². The highest BCUT2D eigenvalue weighted by molar-refractivity contribution is 7.79. The SMILES string of the molecule is B[P@@]1(=O)OCC2OC(n3cnc4c(N)ncnc43)C(F)C2OP(=O)(O)OCC2OC(n3cnc4c(=O)[nH]c(N)nc43)C(O1)C2OC. The number of phosphoric acid groups is 1. The molecule has 3 saturated heterocycles. The van der Waals surface area contributed by atoms with E-state index in [1.54, 1.807) is 0 Å². The molecule has 0 radical (unpaired) electrons. The van der Waals surface area contributed by atoms with Crippen LogP contribution in [0, 0.1) is 0 Å². The molecule has 3 aliphatic heterocycles. The second-order valence-corrected chi connectivity index (χ2v) is 14.0. The van der Waals surface area contributed by atoms with E-state index in [4.69, 9.17) is 43.8 Å². The van der Waals surface area contributed by atoms with Gasteiger partial charge in [-0.25, -0.2) is 28.9 Å². The molecular weight excluding hydrogens is 660 g/mol. The van der Waals surface area contributed by atoms with Gasteiger partial charge in [0.2, 0.25) is 5.95 Å². The number of aromatic nitrogens is 8. The lowest BCUT2D eigenvalue weighted by molar-refractivity contribution is -0.0631. The van der Waals surface area contributed by atoms with Gasteiger partial charge in [0.15, 0.2) is 41.3 Å². The second kappa shape index (κ2) is 11.4. The van der Waals surface area contributed by atoms with Crippen molar-refractivity contribution in [3.05, 3.63) is 29.3 Å². The van der Waals surface area contributed by atoms with Crippen LogP contribution in [-0.2, 0) is 41.4 Å². The highest BCUT2D eigenvalue weighted by atomic mass is 31.2. The standard InChI is InChI=1S/C21H26BFN10O11P2/c1-38-13-8-3-40-46(36,37)44-12-7(41-19(9(12)23)32-5-28-10-15(24)26-4-27-16(10)32)2-39-45(22,35)43-14(13)20(42-8)33-6-29-11-17(33)30-21(25)31-18(11)34/h4-9,12-14,19-20H,2-3,22H2,1H3,(H,36,37)(H2,24,26,27)(H3,25,30,31,34)/t7?,8?,9?,12?,13?,14?,19?,20?,45-/m1/s1. The molecule has 0 aliphatic carbocycles. The Morgan fingerprint density at radius 2 is 1.70 bits per heavy atom. The average Bonchev–Trinajstić information content (AvgIpc) is 3.75. The van der Waals surface area contributed by atoms with Gasteiger partial charge in [0.25, 0.3) is 20.6 Å². The molecule has 9 unspecified atom stereocenters. The summed E-state index contributed by atoms with van der Waals surface area (Å²) in [5.74, 6) is -0.172. The Morgan fingerprint density at radius 3 is 2.46 bits per heavy atom. The molecule has 0 amide bonds. The molecule has 7 rings (SSSR count). The fourth-order valence-corrected chi connectivity index (χ4v) is 7.74. The van der Waals surface area contributed by atoms with E-state index in [1.165, 1.54) is 28.9 Å². The number of methoxy groups -OCH3 is 1. The summed E-state index contributed by atoms with van der Waals surface area (Å²) < 4.78 is 85.1. The van der Waals surface area contributed by atoms with Gasteiger partial charge < -0.3 is 39.6 Å². The maximum Gasteiger partial charge on any atom is 0.472 e. The zero-order valence-electron chi connectivity index (χ0n) is 23.9. The predicted molar refractivity (Wildman–Crippen MR) is 153 cm³/mol. The Labute approximate surface area is 257 Å². The molecule has 6 N–H and O–H groups in total. The van der Waals surface area contributed by atoms with Gasteiger partial charge >= 0.3 is 7.82 Å². The van der Waals surface area contributed by atoms with Crippen LogP contribution in [0.25, 0.3) is 22.3 Å². The number of aromatic amines is 1. The number of imidazole rings is 2. The highest BCUT2D eigenvalue weighted by Crippen LogP contribution is 2.54. The van der Waals surface area contributed by atoms with E-state index in [2.05, 4.69) is 29.9 Å². The van der Waals surface area contributed by atoms with Crippen molar-refractivity contribution in [3.63, 3.8) is 0 Å². The van der Waals surface area contributed by atoms with Crippen LogP contribution in [0.5, 0.6) is 0 Å². The molecule has 246 valence electrons. The van der Waals surface area contributed by atoms with Crippen molar-refractivity contribution in [1.29, 1.82) is 0 Å². The number of nitrogen functional groups attached to an aromatic ring is 2.